The lowest BCUT2D eigenvalue weighted by atomic mass is 9.97. The number of ketones is 4. The van der Waals surface area contributed by atoms with Gasteiger partial charge in [0.25, 0.3) is 0 Å². The Morgan fingerprint density at radius 1 is 0.600 bits per heavy atom. The Bertz CT molecular complexity index is 1700. The lowest BCUT2D eigenvalue weighted by molar-refractivity contribution is -0.142. The summed E-state index contributed by atoms with van der Waals surface area (Å²) in [6.45, 7) is 0. The van der Waals surface area contributed by atoms with Crippen molar-refractivity contribution in [2.75, 3.05) is 14.2 Å². The summed E-state index contributed by atoms with van der Waals surface area (Å²) in [4.78, 5) is 94.8. The summed E-state index contributed by atoms with van der Waals surface area (Å²) >= 11 is 22.4. The van der Waals surface area contributed by atoms with Crippen molar-refractivity contribution < 1.29 is 57.3 Å². The number of hydrogen-bond donors (Lipinski definition) is 2. The van der Waals surface area contributed by atoms with Crippen LogP contribution < -0.4 is 30.4 Å². The molecule has 2 rings (SSSR count). The molecule has 0 unspecified atom stereocenters. The molecular weight excluding hydrogens is 806 g/mol. The van der Waals surface area contributed by atoms with E-state index in [1.54, 1.807) is 0 Å². The number of primary amides is 2. The van der Waals surface area contributed by atoms with Crippen molar-refractivity contribution in [2.45, 2.75) is 54.6 Å². The van der Waals surface area contributed by atoms with Crippen LogP contribution >= 0.6 is 46.4 Å². The van der Waals surface area contributed by atoms with Crippen LogP contribution in [0.2, 0.25) is 0 Å². The first kappa shape index (κ1) is 46.4. The second kappa shape index (κ2) is 23.2. The van der Waals surface area contributed by atoms with Crippen LogP contribution in [-0.2, 0) is 38.4 Å². The fourth-order valence-corrected chi connectivity index (χ4v) is 5.06. The quantitative estimate of drug-likeness (QED) is 0.0465. The molecule has 2 aromatic rings. The van der Waals surface area contributed by atoms with E-state index in [4.69, 9.17) is 76.8 Å². The SMILES string of the molecule is COc1cc(/C=C/C(=O)CC(=O)/C=C/c2ccc(OC(=O)[C@H](CCC(N)=O)CC(=O)C(Cl)Cl)c(OC)c2)ccc1OC(=O)[C@H](CCC(N)=O)CC(=O)C(Cl)Cl. The first-order valence-electron chi connectivity index (χ1n) is 16.3. The van der Waals surface area contributed by atoms with Gasteiger partial charge in [-0.05, 0) is 60.4 Å². The predicted octanol–water partition coefficient (Wildman–Crippen LogP) is 5.06. The average Bonchev–Trinajstić information content (AvgIpc) is 3.13. The molecule has 0 aliphatic rings. The van der Waals surface area contributed by atoms with Gasteiger partial charge in [0, 0.05) is 25.7 Å². The number of carbonyl (C=O) groups excluding carboxylic acids is 8. The van der Waals surface area contributed by atoms with E-state index in [-0.39, 0.29) is 61.5 Å². The average molecular weight is 845 g/mol. The normalized spacial score (nSPS) is 12.4. The lowest BCUT2D eigenvalue weighted by Crippen LogP contribution is -2.27. The van der Waals surface area contributed by atoms with Crippen molar-refractivity contribution in [1.29, 1.82) is 0 Å². The second-order valence-electron chi connectivity index (χ2n) is 11.8. The van der Waals surface area contributed by atoms with Crippen LogP contribution in [0.1, 0.15) is 56.1 Å². The van der Waals surface area contributed by atoms with Crippen LogP contribution in [0, 0.1) is 11.8 Å². The number of carbonyl (C=O) groups is 8. The number of amides is 2. The zero-order valence-electron chi connectivity index (χ0n) is 29.6. The van der Waals surface area contributed by atoms with Gasteiger partial charge in [-0.1, -0.05) is 70.7 Å². The highest BCUT2D eigenvalue weighted by Gasteiger charge is 2.29. The minimum Gasteiger partial charge on any atom is -0.493 e. The summed E-state index contributed by atoms with van der Waals surface area (Å²) in [7, 11) is 2.64. The summed E-state index contributed by atoms with van der Waals surface area (Å²) in [6.07, 6.45) is 3.48. The zero-order valence-corrected chi connectivity index (χ0v) is 32.6. The smallest absolute Gasteiger partial charge is 0.314 e. The predicted molar refractivity (Wildman–Crippen MR) is 204 cm³/mol. The molecule has 55 heavy (non-hydrogen) atoms. The van der Waals surface area contributed by atoms with E-state index in [0.717, 1.165) is 0 Å². The number of esters is 2. The fourth-order valence-electron chi connectivity index (χ4n) is 4.70. The van der Waals surface area contributed by atoms with Crippen molar-refractivity contribution in [1.82, 2.24) is 0 Å². The Labute approximate surface area is 336 Å². The van der Waals surface area contributed by atoms with Gasteiger partial charge in [0.1, 0.15) is 0 Å². The van der Waals surface area contributed by atoms with Gasteiger partial charge >= 0.3 is 11.9 Å². The van der Waals surface area contributed by atoms with Gasteiger partial charge in [-0.25, -0.2) is 0 Å². The molecule has 0 saturated carbocycles. The number of nitrogens with two attached hydrogens (primary N) is 2. The van der Waals surface area contributed by atoms with Crippen molar-refractivity contribution in [3.63, 3.8) is 0 Å². The van der Waals surface area contributed by atoms with Crippen LogP contribution in [0.3, 0.4) is 0 Å². The van der Waals surface area contributed by atoms with Gasteiger partial charge in [0.2, 0.25) is 11.8 Å². The largest absolute Gasteiger partial charge is 0.493 e. The third-order valence-electron chi connectivity index (χ3n) is 7.60. The number of allylic oxidation sites excluding steroid dienone is 2. The van der Waals surface area contributed by atoms with Crippen LogP contribution in [0.15, 0.2) is 48.6 Å². The van der Waals surface area contributed by atoms with Gasteiger partial charge in [0.05, 0.1) is 32.5 Å². The van der Waals surface area contributed by atoms with Crippen LogP contribution in [-0.4, -0.2) is 70.8 Å². The van der Waals surface area contributed by atoms with E-state index >= 15 is 0 Å². The van der Waals surface area contributed by atoms with E-state index in [1.165, 1.54) is 74.9 Å². The van der Waals surface area contributed by atoms with Crippen molar-refractivity contribution in [3.8, 4) is 23.0 Å². The Hall–Kier alpha value is -4.76. The van der Waals surface area contributed by atoms with Gasteiger partial charge in [0.15, 0.2) is 55.8 Å². The summed E-state index contributed by atoms with van der Waals surface area (Å²) in [5, 5.41) is 0. The Kier molecular flexibility index (Phi) is 19.6. The van der Waals surface area contributed by atoms with Crippen molar-refractivity contribution in [3.05, 3.63) is 59.7 Å². The van der Waals surface area contributed by atoms with Crippen LogP contribution in [0.25, 0.3) is 12.2 Å². The molecule has 2 atom stereocenters. The van der Waals surface area contributed by atoms with Crippen LogP contribution in [0.5, 0.6) is 23.0 Å². The minimum absolute atomic E-state index is 0.00274. The molecule has 296 valence electrons. The molecule has 0 bridgehead atoms. The van der Waals surface area contributed by atoms with Crippen molar-refractivity contribution >= 4 is 105 Å². The molecule has 14 nitrogen and oxygen atoms in total. The molecule has 4 N–H and O–H groups in total. The molecule has 0 saturated heterocycles. The monoisotopic (exact) mass is 842 g/mol. The summed E-state index contributed by atoms with van der Waals surface area (Å²) in [6, 6.07) is 8.75. The van der Waals surface area contributed by atoms with Gasteiger partial charge in [-0.15, -0.1) is 0 Å². The highest BCUT2D eigenvalue weighted by molar-refractivity contribution is 6.54. The molecule has 0 heterocycles. The highest BCUT2D eigenvalue weighted by atomic mass is 35.5. The summed E-state index contributed by atoms with van der Waals surface area (Å²) in [5.74, 6) is -7.24. The maximum Gasteiger partial charge on any atom is 0.314 e. The number of halogens is 4. The second-order valence-corrected chi connectivity index (χ2v) is 14.0. The first-order valence-corrected chi connectivity index (χ1v) is 18.1. The number of Topliss-reactive ketones (excluding diaryl/α,β-unsaturated/α-hetero) is 2. The molecule has 0 fully saturated rings. The van der Waals surface area contributed by atoms with E-state index in [1.807, 2.05) is 0 Å². The molecule has 2 aromatic carbocycles. The molecular formula is C37H38Cl4N2O12. The maximum atomic E-state index is 12.9. The molecule has 0 radical (unpaired) electrons. The molecule has 0 aliphatic heterocycles. The van der Waals surface area contributed by atoms with Crippen molar-refractivity contribution in [2.24, 2.45) is 23.3 Å². The third-order valence-corrected chi connectivity index (χ3v) is 8.57. The number of alkyl halides is 4. The van der Waals surface area contributed by atoms with E-state index in [0.29, 0.717) is 11.1 Å². The molecule has 0 aromatic heterocycles. The van der Waals surface area contributed by atoms with Gasteiger partial charge in [-0.3, -0.25) is 38.4 Å². The molecule has 0 aliphatic carbocycles. The summed E-state index contributed by atoms with van der Waals surface area (Å²) < 4.78 is 21.5. The van der Waals surface area contributed by atoms with E-state index < -0.39 is 74.8 Å². The standard InChI is InChI=1S/C37H38Cl4N2O12/c1-52-30-15-20(5-11-28(30)54-36(50)22(7-13-32(42)48)17-26(46)34(38)39)3-9-24(44)19-25(45)10-4-21-6-12-29(31(16-21)53-2)55-37(51)23(8-14-33(43)49)18-27(47)35(40)41/h3-6,9-12,15-16,22-23,34-35H,7-8,13-14,17-19H2,1-2H3,(H2,42,48)(H2,43,49)/b9-3+,10-4+/t22-,23-/m1/s1. The van der Waals surface area contributed by atoms with Crippen LogP contribution in [0.4, 0.5) is 0 Å². The Morgan fingerprint density at radius 3 is 1.27 bits per heavy atom. The zero-order chi connectivity index (χ0) is 41.2. The third kappa shape index (κ3) is 16.6. The topological polar surface area (TPSA) is 226 Å². The first-order chi connectivity index (χ1) is 25.9. The molecule has 18 heteroatoms. The number of benzene rings is 2. The molecule has 2 amide bonds. The van der Waals surface area contributed by atoms with Gasteiger partial charge in [-0.2, -0.15) is 0 Å². The van der Waals surface area contributed by atoms with Gasteiger partial charge < -0.3 is 30.4 Å². The fraction of sp³-hybridized carbons (Fsp3) is 0.351. The highest BCUT2D eigenvalue weighted by Crippen LogP contribution is 2.32. The number of rotatable bonds is 24. The minimum atomic E-state index is -1.37. The number of ether oxygens (including phenoxy) is 4. The number of methoxy groups -OCH3 is 2. The molecule has 0 spiro atoms. The summed E-state index contributed by atoms with van der Waals surface area (Å²) in [5.41, 5.74) is 11.3. The Balaban J connectivity index is 2.07. The van der Waals surface area contributed by atoms with E-state index in [9.17, 15) is 38.4 Å². The lowest BCUT2D eigenvalue weighted by Gasteiger charge is -2.16. The maximum absolute atomic E-state index is 12.9. The van der Waals surface area contributed by atoms with E-state index in [2.05, 4.69) is 0 Å². The number of hydrogen-bond acceptors (Lipinski definition) is 12. The Morgan fingerprint density at radius 2 is 0.964 bits per heavy atom.